The van der Waals surface area contributed by atoms with Gasteiger partial charge in [-0.2, -0.15) is 0 Å². The molecule has 1 saturated heterocycles. The molecule has 1 aromatic rings. The summed E-state index contributed by atoms with van der Waals surface area (Å²) in [5.74, 6) is 0.583. The molecule has 0 aliphatic carbocycles. The number of piperazine rings is 1. The van der Waals surface area contributed by atoms with E-state index in [0.717, 1.165) is 43.3 Å². The molecule has 0 bridgehead atoms. The molecular formula is C16H27N3O2S. The number of carbonyl (C=O) groups excluding carboxylic acids is 1. The van der Waals surface area contributed by atoms with Crippen LogP contribution in [0.5, 0.6) is 0 Å². The molecule has 0 saturated carbocycles. The summed E-state index contributed by atoms with van der Waals surface area (Å²) in [5.41, 5.74) is 0.892. The summed E-state index contributed by atoms with van der Waals surface area (Å²) in [5, 5.41) is 12.5. The summed E-state index contributed by atoms with van der Waals surface area (Å²) in [6.45, 7) is 9.71. The molecule has 1 fully saturated rings. The number of aromatic nitrogens is 1. The van der Waals surface area contributed by atoms with Gasteiger partial charge in [0.2, 0.25) is 5.91 Å². The smallest absolute Gasteiger partial charge is 0.228 e. The molecule has 0 aromatic carbocycles. The van der Waals surface area contributed by atoms with E-state index in [4.69, 9.17) is 0 Å². The van der Waals surface area contributed by atoms with E-state index < -0.39 is 0 Å². The van der Waals surface area contributed by atoms with Crippen LogP contribution >= 0.6 is 11.3 Å². The third-order valence-electron chi connectivity index (χ3n) is 4.26. The van der Waals surface area contributed by atoms with Crippen LogP contribution in [0.3, 0.4) is 0 Å². The first-order valence-electron chi connectivity index (χ1n) is 8.12. The van der Waals surface area contributed by atoms with Gasteiger partial charge in [0, 0.05) is 43.5 Å². The normalized spacial score (nSPS) is 18.0. The molecule has 0 radical (unpaired) electrons. The summed E-state index contributed by atoms with van der Waals surface area (Å²) in [6.07, 6.45) is 1.35. The van der Waals surface area contributed by atoms with Gasteiger partial charge in [-0.05, 0) is 6.42 Å². The summed E-state index contributed by atoms with van der Waals surface area (Å²) in [6, 6.07) is 0.226. The van der Waals surface area contributed by atoms with Gasteiger partial charge in [-0.15, -0.1) is 11.3 Å². The molecule has 22 heavy (non-hydrogen) atoms. The number of hydrogen-bond donors (Lipinski definition) is 1. The Kier molecular flexibility index (Phi) is 6.35. The van der Waals surface area contributed by atoms with Crippen molar-refractivity contribution in [1.82, 2.24) is 14.8 Å². The summed E-state index contributed by atoms with van der Waals surface area (Å²) in [7, 11) is 0. The van der Waals surface area contributed by atoms with Crippen molar-refractivity contribution in [2.45, 2.75) is 45.6 Å². The second-order valence-electron chi connectivity index (χ2n) is 6.17. The predicted octanol–water partition coefficient (Wildman–Crippen LogP) is 1.72. The fourth-order valence-electron chi connectivity index (χ4n) is 2.77. The molecule has 6 heteroatoms. The van der Waals surface area contributed by atoms with Crippen LogP contribution < -0.4 is 0 Å². The Bertz CT molecular complexity index is 477. The van der Waals surface area contributed by atoms with Gasteiger partial charge in [0.05, 0.1) is 23.7 Å². The van der Waals surface area contributed by atoms with Crippen molar-refractivity contribution in [3.8, 4) is 0 Å². The van der Waals surface area contributed by atoms with E-state index >= 15 is 0 Å². The number of thiazole rings is 1. The SMILES string of the molecule is CCC(CO)N1CCN(C(=O)Cc2csc(C(C)C)n2)CC1. The maximum atomic E-state index is 12.4. The van der Waals surface area contributed by atoms with Gasteiger partial charge in [0.1, 0.15) is 0 Å². The van der Waals surface area contributed by atoms with Crippen LogP contribution in [0.1, 0.15) is 43.8 Å². The van der Waals surface area contributed by atoms with Gasteiger partial charge in [0.15, 0.2) is 0 Å². The van der Waals surface area contributed by atoms with Gasteiger partial charge < -0.3 is 10.0 Å². The quantitative estimate of drug-likeness (QED) is 0.865. The molecule has 1 unspecified atom stereocenters. The first-order chi connectivity index (χ1) is 10.5. The topological polar surface area (TPSA) is 56.7 Å². The van der Waals surface area contributed by atoms with Crippen LogP contribution in [-0.4, -0.2) is 64.6 Å². The minimum atomic E-state index is 0.164. The molecular weight excluding hydrogens is 298 g/mol. The number of carbonyl (C=O) groups is 1. The van der Waals surface area contributed by atoms with Crippen LogP contribution in [0.4, 0.5) is 0 Å². The van der Waals surface area contributed by atoms with E-state index in [-0.39, 0.29) is 18.6 Å². The molecule has 1 N–H and O–H groups in total. The first kappa shape index (κ1) is 17.4. The second-order valence-corrected chi connectivity index (χ2v) is 7.06. The molecule has 1 atom stereocenters. The zero-order valence-corrected chi connectivity index (χ0v) is 14.6. The van der Waals surface area contributed by atoms with Gasteiger partial charge in [-0.25, -0.2) is 4.98 Å². The highest BCUT2D eigenvalue weighted by molar-refractivity contribution is 7.09. The van der Waals surface area contributed by atoms with Crippen LogP contribution in [0.2, 0.25) is 0 Å². The number of aliphatic hydroxyl groups is 1. The van der Waals surface area contributed by atoms with Crippen LogP contribution in [0.25, 0.3) is 0 Å². The highest BCUT2D eigenvalue weighted by Gasteiger charge is 2.25. The lowest BCUT2D eigenvalue weighted by Crippen LogP contribution is -2.53. The molecule has 1 aromatic heterocycles. The van der Waals surface area contributed by atoms with Crippen molar-refractivity contribution in [2.75, 3.05) is 32.8 Å². The van der Waals surface area contributed by atoms with Crippen molar-refractivity contribution >= 4 is 17.2 Å². The van der Waals surface area contributed by atoms with Gasteiger partial charge in [0.25, 0.3) is 0 Å². The van der Waals surface area contributed by atoms with Crippen molar-refractivity contribution in [2.24, 2.45) is 0 Å². The fourth-order valence-corrected chi connectivity index (χ4v) is 3.61. The molecule has 124 valence electrons. The van der Waals surface area contributed by atoms with E-state index in [0.29, 0.717) is 12.3 Å². The second kappa shape index (κ2) is 8.04. The Morgan fingerprint density at radius 3 is 2.55 bits per heavy atom. The maximum absolute atomic E-state index is 12.4. The van der Waals surface area contributed by atoms with Crippen molar-refractivity contribution in [3.63, 3.8) is 0 Å². The number of amides is 1. The van der Waals surface area contributed by atoms with Crippen molar-refractivity contribution in [3.05, 3.63) is 16.1 Å². The summed E-state index contributed by atoms with van der Waals surface area (Å²) in [4.78, 5) is 21.1. The molecule has 5 nitrogen and oxygen atoms in total. The van der Waals surface area contributed by atoms with E-state index in [2.05, 4.69) is 30.7 Å². The monoisotopic (exact) mass is 325 g/mol. The third kappa shape index (κ3) is 4.27. The van der Waals surface area contributed by atoms with Gasteiger partial charge in [-0.3, -0.25) is 9.69 Å². The van der Waals surface area contributed by atoms with E-state index in [9.17, 15) is 9.90 Å². The molecule has 0 spiro atoms. The standard InChI is InChI=1S/C16H27N3O2S/c1-4-14(10-20)18-5-7-19(8-6-18)15(21)9-13-11-22-16(17-13)12(2)3/h11-12,14,20H,4-10H2,1-3H3. The highest BCUT2D eigenvalue weighted by atomic mass is 32.1. The summed E-state index contributed by atoms with van der Waals surface area (Å²) < 4.78 is 0. The maximum Gasteiger partial charge on any atom is 0.228 e. The number of aliphatic hydroxyl groups excluding tert-OH is 1. The Morgan fingerprint density at radius 2 is 2.05 bits per heavy atom. The number of hydrogen-bond acceptors (Lipinski definition) is 5. The minimum absolute atomic E-state index is 0.164. The minimum Gasteiger partial charge on any atom is -0.395 e. The average molecular weight is 325 g/mol. The zero-order chi connectivity index (χ0) is 16.1. The van der Waals surface area contributed by atoms with Crippen molar-refractivity contribution in [1.29, 1.82) is 0 Å². The van der Waals surface area contributed by atoms with Crippen LogP contribution in [0, 0.1) is 0 Å². The van der Waals surface area contributed by atoms with Gasteiger partial charge >= 0.3 is 0 Å². The fraction of sp³-hybridized carbons (Fsp3) is 0.750. The molecule has 1 amide bonds. The zero-order valence-electron chi connectivity index (χ0n) is 13.8. The lowest BCUT2D eigenvalue weighted by atomic mass is 10.1. The molecule has 2 rings (SSSR count). The molecule has 1 aliphatic heterocycles. The number of nitrogens with zero attached hydrogens (tertiary/aromatic N) is 3. The molecule has 2 heterocycles. The van der Waals surface area contributed by atoms with Gasteiger partial charge in [-0.1, -0.05) is 20.8 Å². The largest absolute Gasteiger partial charge is 0.395 e. The lowest BCUT2D eigenvalue weighted by Gasteiger charge is -2.38. The van der Waals surface area contributed by atoms with E-state index in [1.54, 1.807) is 11.3 Å². The van der Waals surface area contributed by atoms with Crippen LogP contribution in [-0.2, 0) is 11.2 Å². The average Bonchev–Trinajstić information content (AvgIpc) is 2.98. The lowest BCUT2D eigenvalue weighted by molar-refractivity contribution is -0.132. The highest BCUT2D eigenvalue weighted by Crippen LogP contribution is 2.20. The van der Waals surface area contributed by atoms with Crippen molar-refractivity contribution < 1.29 is 9.90 Å². The predicted molar refractivity (Wildman–Crippen MR) is 89.2 cm³/mol. The first-order valence-corrected chi connectivity index (χ1v) is 9.00. The number of rotatable bonds is 6. The Morgan fingerprint density at radius 1 is 1.36 bits per heavy atom. The summed E-state index contributed by atoms with van der Waals surface area (Å²) >= 11 is 1.64. The van der Waals surface area contributed by atoms with E-state index in [1.807, 2.05) is 10.3 Å². The Balaban J connectivity index is 1.84. The third-order valence-corrected chi connectivity index (χ3v) is 5.46. The Labute approximate surface area is 137 Å². The van der Waals surface area contributed by atoms with Crippen LogP contribution in [0.15, 0.2) is 5.38 Å². The Hall–Kier alpha value is -0.980. The van der Waals surface area contributed by atoms with E-state index in [1.165, 1.54) is 0 Å². The molecule has 1 aliphatic rings.